The zero-order valence-corrected chi connectivity index (χ0v) is 21.3. The number of carbonyl (C=O) groups excluding carboxylic acids is 2. The Balaban J connectivity index is 1.91. The van der Waals surface area contributed by atoms with Gasteiger partial charge in [0.1, 0.15) is 6.07 Å². The first-order chi connectivity index (χ1) is 16.3. The van der Waals surface area contributed by atoms with Crippen LogP contribution in [0.4, 0.5) is 16.4 Å². The normalized spacial score (nSPS) is 14.1. The fraction of sp³-hybridized carbons (Fsp3) is 0.462. The van der Waals surface area contributed by atoms with Crippen molar-refractivity contribution in [1.29, 1.82) is 5.26 Å². The highest BCUT2D eigenvalue weighted by molar-refractivity contribution is 5.96. The predicted molar refractivity (Wildman–Crippen MR) is 137 cm³/mol. The zero-order valence-electron chi connectivity index (χ0n) is 21.3. The third kappa shape index (κ3) is 6.70. The van der Waals surface area contributed by atoms with E-state index in [1.54, 1.807) is 42.5 Å². The molecule has 9 heteroatoms. The number of urea groups is 1. The van der Waals surface area contributed by atoms with Gasteiger partial charge in [-0.1, -0.05) is 32.9 Å². The maximum absolute atomic E-state index is 12.8. The molecule has 3 amide bonds. The second-order valence-corrected chi connectivity index (χ2v) is 10.7. The van der Waals surface area contributed by atoms with Gasteiger partial charge in [-0.25, -0.2) is 9.78 Å². The summed E-state index contributed by atoms with van der Waals surface area (Å²) in [6, 6.07) is 7.00. The average molecular weight is 479 g/mol. The molecular weight excluding hydrogens is 444 g/mol. The van der Waals surface area contributed by atoms with E-state index in [1.807, 2.05) is 39.0 Å². The molecule has 9 nitrogen and oxygen atoms in total. The molecule has 0 radical (unpaired) electrons. The summed E-state index contributed by atoms with van der Waals surface area (Å²) in [5.74, 6) is 0.243. The van der Waals surface area contributed by atoms with Crippen LogP contribution in [0.25, 0.3) is 11.0 Å². The fourth-order valence-electron chi connectivity index (χ4n) is 3.84. The summed E-state index contributed by atoms with van der Waals surface area (Å²) < 4.78 is 1.73. The lowest BCUT2D eigenvalue weighted by Gasteiger charge is -2.23. The van der Waals surface area contributed by atoms with Gasteiger partial charge < -0.3 is 19.9 Å². The standard InChI is InChI=1S/C26H34N6O3/c1-25(2,3)14-22(33)31(6)18-11-12-21-20(13-18)28-23(32(21)16-26(4,5)35)30-24(34)29-19-10-8-7-9-17(19)15-27/h9-13,35H,7-8,14,16H2,1-6H3,(H2,28,29,30,34). The van der Waals surface area contributed by atoms with E-state index >= 15 is 0 Å². The van der Waals surface area contributed by atoms with Crippen molar-refractivity contribution < 1.29 is 14.7 Å². The molecule has 1 heterocycles. The first kappa shape index (κ1) is 26.0. The minimum absolute atomic E-state index is 0.00684. The second kappa shape index (κ2) is 9.92. The number of hydrogen-bond acceptors (Lipinski definition) is 5. The Kier molecular flexibility index (Phi) is 7.36. The Morgan fingerprint density at radius 2 is 1.86 bits per heavy atom. The van der Waals surface area contributed by atoms with Crippen LogP contribution in [0, 0.1) is 16.7 Å². The van der Waals surface area contributed by atoms with Crippen molar-refractivity contribution in [2.75, 3.05) is 17.3 Å². The first-order valence-electron chi connectivity index (χ1n) is 11.7. The number of anilines is 2. The van der Waals surface area contributed by atoms with Crippen LogP contribution in [0.2, 0.25) is 0 Å². The summed E-state index contributed by atoms with van der Waals surface area (Å²) in [6.45, 7) is 9.58. The molecule has 1 aromatic heterocycles. The molecule has 3 rings (SSSR count). The number of nitriles is 1. The predicted octanol–water partition coefficient (Wildman–Crippen LogP) is 4.46. The van der Waals surface area contributed by atoms with Gasteiger partial charge in [0.15, 0.2) is 0 Å². The van der Waals surface area contributed by atoms with Crippen LogP contribution in [0.15, 0.2) is 41.6 Å². The van der Waals surface area contributed by atoms with E-state index in [1.165, 1.54) is 0 Å². The number of benzene rings is 1. The van der Waals surface area contributed by atoms with Gasteiger partial charge in [-0.05, 0) is 50.3 Å². The molecule has 3 N–H and O–H groups in total. The molecule has 0 fully saturated rings. The fourth-order valence-corrected chi connectivity index (χ4v) is 3.84. The number of nitrogens with zero attached hydrogens (tertiary/aromatic N) is 4. The highest BCUT2D eigenvalue weighted by atomic mass is 16.3. The van der Waals surface area contributed by atoms with Gasteiger partial charge >= 0.3 is 6.03 Å². The molecule has 1 aliphatic rings. The van der Waals surface area contributed by atoms with Crippen LogP contribution in [-0.2, 0) is 11.3 Å². The maximum Gasteiger partial charge on any atom is 0.326 e. The quantitative estimate of drug-likeness (QED) is 0.566. The Bertz CT molecular complexity index is 1230. The average Bonchev–Trinajstić information content (AvgIpc) is 3.06. The molecule has 0 atom stereocenters. The van der Waals surface area contributed by atoms with Crippen LogP contribution < -0.4 is 15.5 Å². The minimum Gasteiger partial charge on any atom is -0.389 e. The molecular formula is C26H34N6O3. The van der Waals surface area contributed by atoms with Gasteiger partial charge in [-0.15, -0.1) is 0 Å². The number of imidazole rings is 1. The molecule has 0 saturated heterocycles. The largest absolute Gasteiger partial charge is 0.389 e. The highest BCUT2D eigenvalue weighted by Gasteiger charge is 2.23. The molecule has 0 bridgehead atoms. The second-order valence-electron chi connectivity index (χ2n) is 10.7. The number of amides is 3. The van der Waals surface area contributed by atoms with E-state index in [9.17, 15) is 20.0 Å². The summed E-state index contributed by atoms with van der Waals surface area (Å²) in [5, 5.41) is 25.2. The number of allylic oxidation sites excluding steroid dienone is 3. The van der Waals surface area contributed by atoms with Crippen LogP contribution in [0.1, 0.15) is 53.9 Å². The first-order valence-corrected chi connectivity index (χ1v) is 11.7. The highest BCUT2D eigenvalue weighted by Crippen LogP contribution is 2.28. The monoisotopic (exact) mass is 478 g/mol. The van der Waals surface area contributed by atoms with Gasteiger partial charge in [-0.2, -0.15) is 5.26 Å². The minimum atomic E-state index is -1.07. The molecule has 186 valence electrons. The van der Waals surface area contributed by atoms with Crippen LogP contribution in [-0.4, -0.2) is 39.2 Å². The van der Waals surface area contributed by atoms with Gasteiger partial charge in [0, 0.05) is 19.2 Å². The lowest BCUT2D eigenvalue weighted by molar-refractivity contribution is -0.120. The van der Waals surface area contributed by atoms with Crippen molar-refractivity contribution in [3.8, 4) is 6.07 Å². The van der Waals surface area contributed by atoms with Crippen LogP contribution in [0.3, 0.4) is 0 Å². The number of nitrogens with one attached hydrogen (secondary N) is 2. The Labute approximate surface area is 206 Å². The number of fused-ring (bicyclic) bond motifs is 1. The Morgan fingerprint density at radius 1 is 1.17 bits per heavy atom. The van der Waals surface area contributed by atoms with Gasteiger partial charge in [0.2, 0.25) is 11.9 Å². The zero-order chi connectivity index (χ0) is 26.0. The van der Waals surface area contributed by atoms with E-state index in [0.717, 1.165) is 12.8 Å². The summed E-state index contributed by atoms with van der Waals surface area (Å²) in [4.78, 5) is 31.7. The lowest BCUT2D eigenvalue weighted by atomic mass is 9.91. The maximum atomic E-state index is 12.8. The third-order valence-corrected chi connectivity index (χ3v) is 5.47. The molecule has 1 aromatic carbocycles. The lowest BCUT2D eigenvalue weighted by Crippen LogP contribution is -2.32. The van der Waals surface area contributed by atoms with Crippen molar-refractivity contribution in [2.24, 2.45) is 5.41 Å². The molecule has 1 aliphatic carbocycles. The number of hydrogen-bond donors (Lipinski definition) is 3. The van der Waals surface area contributed by atoms with Gasteiger partial charge in [-0.3, -0.25) is 10.1 Å². The smallest absolute Gasteiger partial charge is 0.326 e. The number of aliphatic hydroxyl groups is 1. The summed E-state index contributed by atoms with van der Waals surface area (Å²) in [5.41, 5.74) is 1.65. The van der Waals surface area contributed by atoms with Crippen molar-refractivity contribution in [1.82, 2.24) is 14.9 Å². The van der Waals surface area contributed by atoms with E-state index in [4.69, 9.17) is 0 Å². The van der Waals surface area contributed by atoms with E-state index in [0.29, 0.717) is 34.4 Å². The molecule has 0 saturated carbocycles. The number of carbonyl (C=O) groups is 2. The number of aromatic nitrogens is 2. The van der Waals surface area contributed by atoms with Crippen molar-refractivity contribution >= 4 is 34.6 Å². The van der Waals surface area contributed by atoms with Gasteiger partial charge in [0.05, 0.1) is 34.4 Å². The van der Waals surface area contributed by atoms with Crippen molar-refractivity contribution in [3.05, 3.63) is 41.6 Å². The number of rotatable bonds is 6. The molecule has 0 aliphatic heterocycles. The Morgan fingerprint density at radius 3 is 2.49 bits per heavy atom. The van der Waals surface area contributed by atoms with Crippen LogP contribution in [0.5, 0.6) is 0 Å². The summed E-state index contributed by atoms with van der Waals surface area (Å²) in [6.07, 6.45) is 5.50. The SMILES string of the molecule is CN(C(=O)CC(C)(C)C)c1ccc2c(c1)nc(NC(=O)NC1=CCCC=C1C#N)n2CC(C)(C)O. The summed E-state index contributed by atoms with van der Waals surface area (Å²) in [7, 11) is 1.73. The molecule has 35 heavy (non-hydrogen) atoms. The summed E-state index contributed by atoms with van der Waals surface area (Å²) >= 11 is 0. The van der Waals surface area contributed by atoms with Crippen molar-refractivity contribution in [2.45, 2.75) is 66.0 Å². The third-order valence-electron chi connectivity index (χ3n) is 5.47. The molecule has 0 spiro atoms. The molecule has 0 unspecified atom stereocenters. The topological polar surface area (TPSA) is 123 Å². The van der Waals surface area contributed by atoms with Crippen LogP contribution >= 0.6 is 0 Å². The van der Waals surface area contributed by atoms with E-state index in [2.05, 4.69) is 21.7 Å². The van der Waals surface area contributed by atoms with Crippen molar-refractivity contribution in [3.63, 3.8) is 0 Å². The van der Waals surface area contributed by atoms with E-state index in [-0.39, 0.29) is 23.8 Å². The molecule has 2 aromatic rings. The van der Waals surface area contributed by atoms with Gasteiger partial charge in [0.25, 0.3) is 0 Å². The Hall–Kier alpha value is -3.64. The van der Waals surface area contributed by atoms with E-state index < -0.39 is 11.6 Å².